The Bertz CT molecular complexity index is 156. The average Bonchev–Trinajstić information content (AvgIpc) is 2.06. The third-order valence-electron chi connectivity index (χ3n) is 1.14. The van der Waals surface area contributed by atoms with Crippen molar-refractivity contribution >= 4 is 38.6 Å². The van der Waals surface area contributed by atoms with E-state index in [1.807, 2.05) is 0 Å². The average molecular weight is 230 g/mol. The van der Waals surface area contributed by atoms with E-state index in [1.165, 1.54) is 0 Å². The lowest BCUT2D eigenvalue weighted by atomic mass is 11.2. The van der Waals surface area contributed by atoms with Crippen molar-refractivity contribution in [3.8, 4) is 0 Å². The Labute approximate surface area is 80.0 Å². The van der Waals surface area contributed by atoms with E-state index in [2.05, 4.69) is 13.2 Å². The highest BCUT2D eigenvalue weighted by atomic mass is 28.5. The maximum absolute atomic E-state index is 5.39. The molecule has 1 aliphatic rings. The van der Waals surface area contributed by atoms with E-state index in [4.69, 9.17) is 16.5 Å². The van der Waals surface area contributed by atoms with Crippen molar-refractivity contribution in [2.75, 3.05) is 0 Å². The standard InChI is InChI=1S/C4H6O4Si4/c1-3-12(4-2)7-10-5-9-6-11-8-12/h3-4H,1-2H2. The monoisotopic (exact) mass is 230 g/mol. The van der Waals surface area contributed by atoms with E-state index >= 15 is 0 Å². The Kier molecular flexibility index (Phi) is 4.31. The van der Waals surface area contributed by atoms with Crippen molar-refractivity contribution in [3.05, 3.63) is 24.6 Å². The number of rotatable bonds is 2. The van der Waals surface area contributed by atoms with Crippen LogP contribution in [0.5, 0.6) is 0 Å². The lowest BCUT2D eigenvalue weighted by Crippen LogP contribution is -2.44. The Morgan fingerprint density at radius 1 is 0.917 bits per heavy atom. The Hall–Kier alpha value is 0.188. The second-order valence-electron chi connectivity index (χ2n) is 1.79. The molecule has 1 fully saturated rings. The van der Waals surface area contributed by atoms with Gasteiger partial charge < -0.3 is 16.5 Å². The van der Waals surface area contributed by atoms with Crippen LogP contribution in [0.1, 0.15) is 0 Å². The SMILES string of the molecule is C=C[Si]1(C=C)O[Si]O[Si]O[Si]O1. The largest absolute Gasteiger partial charge is 0.413 e. The van der Waals surface area contributed by atoms with E-state index < -0.39 is 8.56 Å². The molecule has 12 heavy (non-hydrogen) atoms. The topological polar surface area (TPSA) is 36.9 Å². The first-order chi connectivity index (χ1) is 5.83. The Morgan fingerprint density at radius 3 is 1.83 bits per heavy atom. The first kappa shape index (κ1) is 10.3. The number of hydrogen-bond donors (Lipinski definition) is 0. The third-order valence-corrected chi connectivity index (χ3v) is 6.83. The molecule has 0 aromatic heterocycles. The van der Waals surface area contributed by atoms with Crippen molar-refractivity contribution in [1.82, 2.24) is 0 Å². The fourth-order valence-electron chi connectivity index (χ4n) is 0.498. The van der Waals surface area contributed by atoms with Gasteiger partial charge in [-0.25, -0.2) is 0 Å². The minimum atomic E-state index is -2.41. The van der Waals surface area contributed by atoms with Gasteiger partial charge in [0, 0.05) is 0 Å². The van der Waals surface area contributed by atoms with Gasteiger partial charge in [0.15, 0.2) is 0 Å². The third kappa shape index (κ3) is 2.60. The summed E-state index contributed by atoms with van der Waals surface area (Å²) in [5, 5.41) is 0. The van der Waals surface area contributed by atoms with Gasteiger partial charge in [-0.2, -0.15) is 0 Å². The van der Waals surface area contributed by atoms with E-state index in [-0.39, 0.29) is 30.0 Å². The molecular formula is C4H6O4Si4. The molecule has 1 rings (SSSR count). The highest BCUT2D eigenvalue weighted by Gasteiger charge is 2.32. The zero-order valence-electron chi connectivity index (χ0n) is 6.20. The van der Waals surface area contributed by atoms with Crippen LogP contribution in [0.4, 0.5) is 0 Å². The summed E-state index contributed by atoms with van der Waals surface area (Å²) >= 11 is 0. The molecule has 0 amide bonds. The molecule has 4 nitrogen and oxygen atoms in total. The van der Waals surface area contributed by atoms with Gasteiger partial charge in [-0.15, -0.1) is 13.2 Å². The fraction of sp³-hybridized carbons (Fsp3) is 0. The zero-order chi connectivity index (χ0) is 8.86. The summed E-state index contributed by atoms with van der Waals surface area (Å²) in [7, 11) is -2.53. The van der Waals surface area contributed by atoms with Gasteiger partial charge in [0.1, 0.15) is 0 Å². The van der Waals surface area contributed by atoms with Gasteiger partial charge in [-0.1, -0.05) is 0 Å². The molecular weight excluding hydrogens is 224 g/mol. The van der Waals surface area contributed by atoms with E-state index in [0.29, 0.717) is 0 Å². The van der Waals surface area contributed by atoms with Crippen LogP contribution in [0.2, 0.25) is 0 Å². The van der Waals surface area contributed by atoms with Gasteiger partial charge in [0.2, 0.25) is 0 Å². The van der Waals surface area contributed by atoms with Gasteiger partial charge in [-0.3, -0.25) is 0 Å². The molecule has 1 saturated heterocycles. The van der Waals surface area contributed by atoms with Gasteiger partial charge >= 0.3 is 38.6 Å². The molecule has 0 atom stereocenters. The minimum absolute atomic E-state index is 0.00249. The van der Waals surface area contributed by atoms with Crippen molar-refractivity contribution in [2.45, 2.75) is 0 Å². The molecule has 0 aromatic rings. The van der Waals surface area contributed by atoms with Crippen LogP contribution >= 0.6 is 0 Å². The molecule has 6 radical (unpaired) electrons. The van der Waals surface area contributed by atoms with Crippen LogP contribution < -0.4 is 0 Å². The predicted octanol–water partition coefficient (Wildman–Crippen LogP) is -0.438. The lowest BCUT2D eigenvalue weighted by molar-refractivity contribution is 0.323. The van der Waals surface area contributed by atoms with Crippen LogP contribution in [0.15, 0.2) is 24.6 Å². The maximum atomic E-state index is 5.39. The maximum Gasteiger partial charge on any atom is 0.413 e. The van der Waals surface area contributed by atoms with E-state index in [0.717, 1.165) is 0 Å². The first-order valence-corrected chi connectivity index (χ1v) is 7.45. The van der Waals surface area contributed by atoms with Crippen molar-refractivity contribution < 1.29 is 16.5 Å². The summed E-state index contributed by atoms with van der Waals surface area (Å²) in [6.07, 6.45) is 0. The number of hydrogen-bond acceptors (Lipinski definition) is 4. The molecule has 1 heterocycles. The molecule has 0 saturated carbocycles. The first-order valence-electron chi connectivity index (χ1n) is 3.03. The summed E-state index contributed by atoms with van der Waals surface area (Å²) in [6.45, 7) is 7.28. The molecule has 0 bridgehead atoms. The van der Waals surface area contributed by atoms with Gasteiger partial charge in [0.25, 0.3) is 0 Å². The van der Waals surface area contributed by atoms with Crippen LogP contribution in [-0.4, -0.2) is 38.6 Å². The molecule has 62 valence electrons. The lowest BCUT2D eigenvalue weighted by Gasteiger charge is -2.24. The smallest absolute Gasteiger partial charge is 0.412 e. The molecule has 0 spiro atoms. The zero-order valence-corrected chi connectivity index (χ0v) is 10.2. The summed E-state index contributed by atoms with van der Waals surface area (Å²) in [5.41, 5.74) is 3.31. The fourth-order valence-corrected chi connectivity index (χ4v) is 5.48. The Balaban J connectivity index is 2.57. The molecule has 0 aromatic carbocycles. The summed E-state index contributed by atoms with van der Waals surface area (Å²) in [4.78, 5) is 0. The van der Waals surface area contributed by atoms with Gasteiger partial charge in [-0.05, 0) is 11.4 Å². The second kappa shape index (κ2) is 5.03. The van der Waals surface area contributed by atoms with Crippen LogP contribution in [0.3, 0.4) is 0 Å². The van der Waals surface area contributed by atoms with E-state index in [1.54, 1.807) is 11.4 Å². The van der Waals surface area contributed by atoms with Crippen molar-refractivity contribution in [3.63, 3.8) is 0 Å². The molecule has 0 aliphatic carbocycles. The minimum Gasteiger partial charge on any atom is -0.412 e. The molecule has 0 unspecified atom stereocenters. The summed E-state index contributed by atoms with van der Waals surface area (Å²) < 4.78 is 20.8. The second-order valence-corrected chi connectivity index (χ2v) is 7.81. The Morgan fingerprint density at radius 2 is 1.42 bits per heavy atom. The van der Waals surface area contributed by atoms with Crippen LogP contribution in [-0.2, 0) is 16.5 Å². The van der Waals surface area contributed by atoms with Crippen molar-refractivity contribution in [1.29, 1.82) is 0 Å². The van der Waals surface area contributed by atoms with Crippen LogP contribution in [0.25, 0.3) is 0 Å². The predicted molar refractivity (Wildman–Crippen MR) is 47.8 cm³/mol. The molecule has 0 N–H and O–H groups in total. The highest BCUT2D eigenvalue weighted by Crippen LogP contribution is 2.09. The quantitative estimate of drug-likeness (QED) is 0.603. The van der Waals surface area contributed by atoms with Gasteiger partial charge in [0.05, 0.1) is 0 Å². The van der Waals surface area contributed by atoms with E-state index in [9.17, 15) is 0 Å². The van der Waals surface area contributed by atoms with Crippen LogP contribution in [0, 0.1) is 0 Å². The summed E-state index contributed by atoms with van der Waals surface area (Å²) in [6, 6.07) is 0. The molecule has 8 heteroatoms. The highest BCUT2D eigenvalue weighted by molar-refractivity contribution is 6.83. The molecule has 1 aliphatic heterocycles. The summed E-state index contributed by atoms with van der Waals surface area (Å²) in [5.74, 6) is 0. The van der Waals surface area contributed by atoms with Crippen molar-refractivity contribution in [2.24, 2.45) is 0 Å². The normalized spacial score (nSPS) is 23.7.